The highest BCUT2D eigenvalue weighted by atomic mass is 16.2. The summed E-state index contributed by atoms with van der Waals surface area (Å²) < 4.78 is 2.00. The summed E-state index contributed by atoms with van der Waals surface area (Å²) in [6.45, 7) is 5.38. The second-order valence-corrected chi connectivity index (χ2v) is 9.26. The van der Waals surface area contributed by atoms with Crippen LogP contribution in [0.3, 0.4) is 0 Å². The Morgan fingerprint density at radius 3 is 2.41 bits per heavy atom. The van der Waals surface area contributed by atoms with E-state index >= 15 is 0 Å². The van der Waals surface area contributed by atoms with Crippen LogP contribution in [0.15, 0.2) is 72.9 Å². The van der Waals surface area contributed by atoms with Crippen LogP contribution in [0.4, 0.5) is 10.5 Å². The van der Waals surface area contributed by atoms with Gasteiger partial charge in [0.05, 0.1) is 17.0 Å². The van der Waals surface area contributed by atoms with Gasteiger partial charge in [0.15, 0.2) is 0 Å². The summed E-state index contributed by atoms with van der Waals surface area (Å²) >= 11 is 0. The van der Waals surface area contributed by atoms with Gasteiger partial charge in [0, 0.05) is 44.1 Å². The Kier molecular flexibility index (Phi) is 8.20. The van der Waals surface area contributed by atoms with E-state index < -0.39 is 0 Å². The number of urea groups is 1. The molecule has 0 saturated carbocycles. The Morgan fingerprint density at radius 2 is 1.73 bits per heavy atom. The van der Waals surface area contributed by atoms with Gasteiger partial charge in [-0.1, -0.05) is 42.5 Å². The molecular weight excluding hydrogens is 464 g/mol. The molecule has 2 aromatic carbocycles. The molecule has 0 saturated heterocycles. The second kappa shape index (κ2) is 11.7. The van der Waals surface area contributed by atoms with Crippen molar-refractivity contribution in [2.45, 2.75) is 32.9 Å². The first kappa shape index (κ1) is 25.9. The number of hydrogen-bond donors (Lipinski definition) is 3. The molecule has 0 radical (unpaired) electrons. The maximum absolute atomic E-state index is 13.0. The number of carbonyl (C=O) groups is 2. The Morgan fingerprint density at radius 1 is 1.00 bits per heavy atom. The fraction of sp³-hybridized carbons (Fsp3) is 0.276. The number of anilines is 1. The smallest absolute Gasteiger partial charge is 0.318 e. The van der Waals surface area contributed by atoms with E-state index in [4.69, 9.17) is 4.98 Å². The highest BCUT2D eigenvalue weighted by Gasteiger charge is 2.19. The number of hydrogen-bond acceptors (Lipinski definition) is 4. The lowest BCUT2D eigenvalue weighted by molar-refractivity contribution is 0.0754. The summed E-state index contributed by atoms with van der Waals surface area (Å²) in [6, 6.07) is 21.5. The first-order valence-electron chi connectivity index (χ1n) is 12.5. The largest absolute Gasteiger partial charge is 0.341 e. The van der Waals surface area contributed by atoms with Crippen LogP contribution >= 0.6 is 0 Å². The zero-order valence-electron chi connectivity index (χ0n) is 21.8. The Bertz CT molecular complexity index is 1360. The van der Waals surface area contributed by atoms with Crippen LogP contribution < -0.4 is 16.0 Å². The van der Waals surface area contributed by atoms with E-state index in [1.165, 1.54) is 5.56 Å². The van der Waals surface area contributed by atoms with Crippen molar-refractivity contribution < 1.29 is 9.59 Å². The first-order valence-corrected chi connectivity index (χ1v) is 12.5. The van der Waals surface area contributed by atoms with E-state index in [0.717, 1.165) is 35.6 Å². The van der Waals surface area contributed by atoms with Crippen molar-refractivity contribution in [1.82, 2.24) is 24.9 Å². The van der Waals surface area contributed by atoms with Gasteiger partial charge in [-0.2, -0.15) is 0 Å². The van der Waals surface area contributed by atoms with E-state index in [2.05, 4.69) is 28.1 Å². The quantitative estimate of drug-likeness (QED) is 0.295. The normalized spacial score (nSPS) is 11.1. The third kappa shape index (κ3) is 6.16. The van der Waals surface area contributed by atoms with Crippen molar-refractivity contribution in [3.8, 4) is 11.3 Å². The van der Waals surface area contributed by atoms with Crippen LogP contribution in [0.1, 0.15) is 35.5 Å². The molecule has 0 bridgehead atoms. The van der Waals surface area contributed by atoms with Crippen molar-refractivity contribution in [2.75, 3.05) is 26.0 Å². The zero-order valence-corrected chi connectivity index (χ0v) is 21.8. The van der Waals surface area contributed by atoms with Gasteiger partial charge in [-0.05, 0) is 56.6 Å². The lowest BCUT2D eigenvalue weighted by Gasteiger charge is -2.21. The third-order valence-corrected chi connectivity index (χ3v) is 6.43. The summed E-state index contributed by atoms with van der Waals surface area (Å²) in [5.41, 5.74) is 6.08. The average Bonchev–Trinajstić information content (AvgIpc) is 3.28. The Labute approximate surface area is 217 Å². The van der Waals surface area contributed by atoms with Gasteiger partial charge in [0.1, 0.15) is 5.65 Å². The molecule has 3 amide bonds. The zero-order chi connectivity index (χ0) is 26.4. The SMILES string of the molecule is CNC(=O)Nc1ccc(-c2nc3ccc(C(=O)N(C)C(C)C)cn3c2CNCCc2ccccc2)cc1. The van der Waals surface area contributed by atoms with Crippen LogP contribution in [0, 0.1) is 0 Å². The highest BCUT2D eigenvalue weighted by Crippen LogP contribution is 2.27. The predicted molar refractivity (Wildman–Crippen MR) is 148 cm³/mol. The average molecular weight is 499 g/mol. The molecular formula is C29H34N6O2. The minimum Gasteiger partial charge on any atom is -0.341 e. The van der Waals surface area contributed by atoms with Crippen molar-refractivity contribution in [2.24, 2.45) is 0 Å². The standard InChI is InChI=1S/C29H34N6O2/c1-20(2)34(4)28(36)23-12-15-26-33-27(22-10-13-24(14-11-22)32-29(37)30-3)25(35(26)19-23)18-31-17-16-21-8-6-5-7-9-21/h5-15,19-20,31H,16-18H2,1-4H3,(H2,30,32,37). The fourth-order valence-electron chi connectivity index (χ4n) is 4.05. The fourth-order valence-corrected chi connectivity index (χ4v) is 4.05. The van der Waals surface area contributed by atoms with Crippen LogP contribution in [0.25, 0.3) is 16.9 Å². The summed E-state index contributed by atoms with van der Waals surface area (Å²) in [7, 11) is 3.40. The molecule has 3 N–H and O–H groups in total. The van der Waals surface area contributed by atoms with Gasteiger partial charge < -0.3 is 25.3 Å². The molecule has 0 aliphatic rings. The van der Waals surface area contributed by atoms with Crippen molar-refractivity contribution in [1.29, 1.82) is 0 Å². The van der Waals surface area contributed by atoms with E-state index in [0.29, 0.717) is 17.8 Å². The van der Waals surface area contributed by atoms with Gasteiger partial charge in [-0.15, -0.1) is 0 Å². The molecule has 0 aliphatic carbocycles. The predicted octanol–water partition coefficient (Wildman–Crippen LogP) is 4.57. The van der Waals surface area contributed by atoms with Crippen LogP contribution in [-0.4, -0.2) is 52.9 Å². The van der Waals surface area contributed by atoms with Gasteiger partial charge in [0.25, 0.3) is 5.91 Å². The summed E-state index contributed by atoms with van der Waals surface area (Å²) in [6.07, 6.45) is 2.79. The molecule has 4 aromatic rings. The number of nitrogens with zero attached hydrogens (tertiary/aromatic N) is 3. The number of nitrogens with one attached hydrogen (secondary N) is 3. The van der Waals surface area contributed by atoms with E-state index in [9.17, 15) is 9.59 Å². The molecule has 0 spiro atoms. The molecule has 37 heavy (non-hydrogen) atoms. The summed E-state index contributed by atoms with van der Waals surface area (Å²) in [5, 5.41) is 8.88. The highest BCUT2D eigenvalue weighted by molar-refractivity contribution is 5.94. The third-order valence-electron chi connectivity index (χ3n) is 6.43. The van der Waals surface area contributed by atoms with Gasteiger partial charge in [-0.3, -0.25) is 4.79 Å². The first-order chi connectivity index (χ1) is 17.9. The van der Waals surface area contributed by atoms with Crippen molar-refractivity contribution >= 4 is 23.3 Å². The number of benzene rings is 2. The van der Waals surface area contributed by atoms with Gasteiger partial charge in [0.2, 0.25) is 0 Å². The Hall–Kier alpha value is -4.17. The lowest BCUT2D eigenvalue weighted by Crippen LogP contribution is -2.33. The van der Waals surface area contributed by atoms with Crippen molar-refractivity contribution in [3.05, 3.63) is 89.7 Å². The molecule has 0 unspecified atom stereocenters. The van der Waals surface area contributed by atoms with Gasteiger partial charge in [-0.25, -0.2) is 9.78 Å². The lowest BCUT2D eigenvalue weighted by atomic mass is 10.1. The summed E-state index contributed by atoms with van der Waals surface area (Å²) in [4.78, 5) is 31.3. The van der Waals surface area contributed by atoms with E-state index in [1.54, 1.807) is 11.9 Å². The Balaban J connectivity index is 1.65. The molecule has 2 heterocycles. The van der Waals surface area contributed by atoms with E-state index in [1.807, 2.05) is 86.1 Å². The number of imidazole rings is 1. The van der Waals surface area contributed by atoms with Gasteiger partial charge >= 0.3 is 6.03 Å². The molecule has 8 nitrogen and oxygen atoms in total. The summed E-state index contributed by atoms with van der Waals surface area (Å²) in [5.74, 6) is -0.0280. The molecule has 8 heteroatoms. The number of pyridine rings is 1. The van der Waals surface area contributed by atoms with Crippen LogP contribution in [0.2, 0.25) is 0 Å². The monoisotopic (exact) mass is 498 g/mol. The van der Waals surface area contributed by atoms with Crippen LogP contribution in [0.5, 0.6) is 0 Å². The number of aromatic nitrogens is 2. The van der Waals surface area contributed by atoms with Crippen molar-refractivity contribution in [3.63, 3.8) is 0 Å². The minimum absolute atomic E-state index is 0.0280. The number of carbonyl (C=O) groups excluding carboxylic acids is 2. The number of rotatable bonds is 9. The molecule has 2 aromatic heterocycles. The second-order valence-electron chi connectivity index (χ2n) is 9.26. The minimum atomic E-state index is -0.271. The van der Waals surface area contributed by atoms with E-state index in [-0.39, 0.29) is 18.0 Å². The maximum atomic E-state index is 13.0. The molecule has 0 fully saturated rings. The molecule has 4 rings (SSSR count). The topological polar surface area (TPSA) is 90.8 Å². The molecule has 0 aliphatic heterocycles. The number of fused-ring (bicyclic) bond motifs is 1. The molecule has 0 atom stereocenters. The number of amides is 3. The molecule has 192 valence electrons. The van der Waals surface area contributed by atoms with Crippen LogP contribution in [-0.2, 0) is 13.0 Å². The maximum Gasteiger partial charge on any atom is 0.318 e.